The van der Waals surface area contributed by atoms with Crippen LogP contribution in [0.4, 0.5) is 0 Å². The maximum Gasteiger partial charge on any atom is 0.255 e. The fourth-order valence-corrected chi connectivity index (χ4v) is 1.71. The van der Waals surface area contributed by atoms with Gasteiger partial charge in [-0.2, -0.15) is 0 Å². The fraction of sp³-hybridized carbons (Fsp3) is 0.500. The Labute approximate surface area is 86.2 Å². The van der Waals surface area contributed by atoms with Crippen molar-refractivity contribution in [3.8, 4) is 0 Å². The van der Waals surface area contributed by atoms with E-state index < -0.39 is 11.4 Å². The van der Waals surface area contributed by atoms with E-state index in [9.17, 15) is 4.79 Å². The summed E-state index contributed by atoms with van der Waals surface area (Å²) >= 11 is 1.41. The number of nitrogens with zero attached hydrogens (tertiary/aromatic N) is 1. The smallest absolute Gasteiger partial charge is 0.255 e. The summed E-state index contributed by atoms with van der Waals surface area (Å²) in [5.41, 5.74) is 9.82. The molecule has 0 aliphatic carbocycles. The highest BCUT2D eigenvalue weighted by atomic mass is 32.2. The highest BCUT2D eigenvalue weighted by Crippen LogP contribution is 2.18. The minimum atomic E-state index is -0.959. The molecule has 5 nitrogen and oxygen atoms in total. The number of hydrogen-bond donors (Lipinski definition) is 2. The molecule has 0 spiro atoms. The van der Waals surface area contributed by atoms with Crippen molar-refractivity contribution in [3.63, 3.8) is 0 Å². The van der Waals surface area contributed by atoms with Crippen LogP contribution in [0.3, 0.4) is 0 Å². The first-order valence-electron chi connectivity index (χ1n) is 4.13. The molecule has 0 aliphatic rings. The second-order valence-corrected chi connectivity index (χ2v) is 4.22. The van der Waals surface area contributed by atoms with Gasteiger partial charge in [0.05, 0.1) is 11.7 Å². The largest absolute Gasteiger partial charge is 0.440 e. The lowest BCUT2D eigenvalue weighted by Gasteiger charge is -2.19. The van der Waals surface area contributed by atoms with Crippen molar-refractivity contribution < 1.29 is 9.21 Å². The normalized spacial score (nSPS) is 15.0. The molecule has 6 heteroatoms. The van der Waals surface area contributed by atoms with Gasteiger partial charge in [-0.25, -0.2) is 4.98 Å². The summed E-state index contributed by atoms with van der Waals surface area (Å²) in [6, 6.07) is 0. The standard InChI is InChI=1S/C8H13N3O2S/c1-8(10,6(9)12)2-5-14-7-11-3-4-13-7/h3-4H,2,5,10H2,1H3,(H2,9,12). The van der Waals surface area contributed by atoms with E-state index in [0.717, 1.165) is 0 Å². The third kappa shape index (κ3) is 3.04. The van der Waals surface area contributed by atoms with Crippen molar-refractivity contribution in [1.82, 2.24) is 4.98 Å². The number of primary amides is 1. The minimum absolute atomic E-state index is 0.495. The second kappa shape index (κ2) is 4.47. The Morgan fingerprint density at radius 2 is 2.50 bits per heavy atom. The molecule has 1 heterocycles. The summed E-state index contributed by atoms with van der Waals surface area (Å²) in [4.78, 5) is 14.8. The molecule has 14 heavy (non-hydrogen) atoms. The van der Waals surface area contributed by atoms with Gasteiger partial charge < -0.3 is 15.9 Å². The molecule has 0 aliphatic heterocycles. The van der Waals surface area contributed by atoms with Crippen LogP contribution in [0, 0.1) is 0 Å². The van der Waals surface area contributed by atoms with Crippen molar-refractivity contribution in [2.45, 2.75) is 24.1 Å². The van der Waals surface area contributed by atoms with Crippen molar-refractivity contribution in [3.05, 3.63) is 12.5 Å². The van der Waals surface area contributed by atoms with Gasteiger partial charge in [0.1, 0.15) is 6.26 Å². The summed E-state index contributed by atoms with van der Waals surface area (Å²) in [6.07, 6.45) is 3.56. The van der Waals surface area contributed by atoms with E-state index in [2.05, 4.69) is 4.98 Å². The number of carbonyl (C=O) groups is 1. The number of rotatable bonds is 5. The number of carbonyl (C=O) groups excluding carboxylic acids is 1. The monoisotopic (exact) mass is 215 g/mol. The first kappa shape index (κ1) is 11.1. The molecular weight excluding hydrogens is 202 g/mol. The van der Waals surface area contributed by atoms with E-state index in [-0.39, 0.29) is 0 Å². The van der Waals surface area contributed by atoms with Gasteiger partial charge in [-0.05, 0) is 13.3 Å². The van der Waals surface area contributed by atoms with Crippen LogP contribution in [0.15, 0.2) is 22.1 Å². The van der Waals surface area contributed by atoms with Crippen LogP contribution < -0.4 is 11.5 Å². The molecule has 0 saturated carbocycles. The number of oxazole rings is 1. The van der Waals surface area contributed by atoms with Crippen molar-refractivity contribution in [2.24, 2.45) is 11.5 Å². The molecule has 4 N–H and O–H groups in total. The molecule has 78 valence electrons. The molecule has 1 aromatic heterocycles. The van der Waals surface area contributed by atoms with Gasteiger partial charge >= 0.3 is 0 Å². The van der Waals surface area contributed by atoms with Crippen LogP contribution in [0.25, 0.3) is 0 Å². The summed E-state index contributed by atoms with van der Waals surface area (Å²) in [6.45, 7) is 1.62. The first-order chi connectivity index (χ1) is 6.52. The van der Waals surface area contributed by atoms with Gasteiger partial charge in [-0.3, -0.25) is 4.79 Å². The number of aromatic nitrogens is 1. The molecule has 1 aromatic rings. The predicted molar refractivity (Wildman–Crippen MR) is 53.6 cm³/mol. The summed E-state index contributed by atoms with van der Waals surface area (Å²) < 4.78 is 5.00. The molecule has 0 bridgehead atoms. The van der Waals surface area contributed by atoms with Crippen LogP contribution in [0.2, 0.25) is 0 Å². The Morgan fingerprint density at radius 1 is 1.79 bits per heavy atom. The Morgan fingerprint density at radius 3 is 3.00 bits per heavy atom. The van der Waals surface area contributed by atoms with Crippen molar-refractivity contribution in [2.75, 3.05) is 5.75 Å². The van der Waals surface area contributed by atoms with E-state index in [0.29, 0.717) is 17.4 Å². The number of thioether (sulfide) groups is 1. The number of hydrogen-bond acceptors (Lipinski definition) is 5. The van der Waals surface area contributed by atoms with Crippen molar-refractivity contribution >= 4 is 17.7 Å². The maximum atomic E-state index is 10.9. The van der Waals surface area contributed by atoms with E-state index in [1.165, 1.54) is 18.0 Å². The molecule has 0 fully saturated rings. The Balaban J connectivity index is 2.31. The average Bonchev–Trinajstić information content (AvgIpc) is 2.56. The fourth-order valence-electron chi connectivity index (χ4n) is 0.755. The zero-order valence-electron chi connectivity index (χ0n) is 7.90. The Kier molecular flexibility index (Phi) is 3.54. The first-order valence-corrected chi connectivity index (χ1v) is 5.12. The van der Waals surface area contributed by atoms with Gasteiger partial charge in [0.25, 0.3) is 5.22 Å². The molecule has 1 rings (SSSR count). The molecule has 1 atom stereocenters. The van der Waals surface area contributed by atoms with Gasteiger partial charge in [0, 0.05) is 5.75 Å². The average molecular weight is 215 g/mol. The van der Waals surface area contributed by atoms with Gasteiger partial charge in [-0.1, -0.05) is 11.8 Å². The van der Waals surface area contributed by atoms with Crippen LogP contribution in [-0.4, -0.2) is 22.2 Å². The van der Waals surface area contributed by atoms with E-state index in [1.807, 2.05) is 0 Å². The van der Waals surface area contributed by atoms with E-state index >= 15 is 0 Å². The quantitative estimate of drug-likeness (QED) is 0.691. The number of amides is 1. The van der Waals surface area contributed by atoms with Crippen LogP contribution in [0.1, 0.15) is 13.3 Å². The predicted octanol–water partition coefficient (Wildman–Crippen LogP) is 0.360. The lowest BCUT2D eigenvalue weighted by molar-refractivity contribution is -0.122. The Hall–Kier alpha value is -1.01. The van der Waals surface area contributed by atoms with Crippen LogP contribution >= 0.6 is 11.8 Å². The van der Waals surface area contributed by atoms with E-state index in [4.69, 9.17) is 15.9 Å². The van der Waals surface area contributed by atoms with Gasteiger partial charge in [0.2, 0.25) is 5.91 Å². The SMILES string of the molecule is CC(N)(CCSc1ncco1)C(N)=O. The lowest BCUT2D eigenvalue weighted by atomic mass is 10.0. The van der Waals surface area contributed by atoms with Gasteiger partial charge in [-0.15, -0.1) is 0 Å². The third-order valence-corrected chi connectivity index (χ3v) is 2.68. The van der Waals surface area contributed by atoms with Crippen LogP contribution in [-0.2, 0) is 4.79 Å². The Bertz CT molecular complexity index is 298. The summed E-state index contributed by atoms with van der Waals surface area (Å²) in [5.74, 6) is 0.154. The topological polar surface area (TPSA) is 95.1 Å². The summed E-state index contributed by atoms with van der Waals surface area (Å²) in [5, 5.41) is 0.574. The van der Waals surface area contributed by atoms with Gasteiger partial charge in [0.15, 0.2) is 0 Å². The number of nitrogens with two attached hydrogens (primary N) is 2. The second-order valence-electron chi connectivity index (χ2n) is 3.18. The van der Waals surface area contributed by atoms with Crippen molar-refractivity contribution in [1.29, 1.82) is 0 Å². The zero-order valence-corrected chi connectivity index (χ0v) is 8.71. The molecule has 1 unspecified atom stereocenters. The summed E-state index contributed by atoms with van der Waals surface area (Å²) in [7, 11) is 0. The molecule has 0 aromatic carbocycles. The van der Waals surface area contributed by atoms with E-state index in [1.54, 1.807) is 13.1 Å². The third-order valence-electron chi connectivity index (χ3n) is 1.82. The molecule has 0 saturated heterocycles. The highest BCUT2D eigenvalue weighted by molar-refractivity contribution is 7.99. The lowest BCUT2D eigenvalue weighted by Crippen LogP contribution is -2.49. The highest BCUT2D eigenvalue weighted by Gasteiger charge is 2.25. The van der Waals surface area contributed by atoms with Crippen LogP contribution in [0.5, 0.6) is 0 Å². The zero-order chi connectivity index (χ0) is 10.6. The minimum Gasteiger partial charge on any atom is -0.440 e. The molecule has 1 amide bonds. The maximum absolute atomic E-state index is 10.9. The molecular formula is C8H13N3O2S. The molecule has 0 radical (unpaired) electrons.